The van der Waals surface area contributed by atoms with Gasteiger partial charge in [0.25, 0.3) is 5.91 Å². The van der Waals surface area contributed by atoms with E-state index in [1.54, 1.807) is 18.3 Å². The first-order valence-corrected chi connectivity index (χ1v) is 7.26. The molecule has 8 heteroatoms. The van der Waals surface area contributed by atoms with Crippen LogP contribution in [0.2, 0.25) is 5.22 Å². The molecule has 1 amide bonds. The number of halogens is 1. The average molecular weight is 323 g/mol. The van der Waals surface area contributed by atoms with Crippen LogP contribution in [0.15, 0.2) is 35.3 Å². The molecule has 0 aromatic carbocycles. The lowest BCUT2D eigenvalue weighted by Crippen LogP contribution is -2.52. The molecule has 0 aliphatic carbocycles. The number of anilines is 1. The van der Waals surface area contributed by atoms with E-state index in [-0.39, 0.29) is 23.2 Å². The quantitative estimate of drug-likeness (QED) is 0.891. The van der Waals surface area contributed by atoms with Gasteiger partial charge in [-0.15, -0.1) is 0 Å². The van der Waals surface area contributed by atoms with Gasteiger partial charge in [0.05, 0.1) is 30.5 Å². The highest BCUT2D eigenvalue weighted by Crippen LogP contribution is 2.18. The lowest BCUT2D eigenvalue weighted by Gasteiger charge is -2.32. The Morgan fingerprint density at radius 2 is 2.27 bits per heavy atom. The molecule has 1 saturated heterocycles. The van der Waals surface area contributed by atoms with Crippen molar-refractivity contribution in [2.75, 3.05) is 18.5 Å². The molecule has 3 heterocycles. The molecule has 1 fully saturated rings. The Hall–Kier alpha value is -2.12. The van der Waals surface area contributed by atoms with Crippen molar-refractivity contribution < 1.29 is 13.9 Å². The fourth-order valence-electron chi connectivity index (χ4n) is 2.32. The summed E-state index contributed by atoms with van der Waals surface area (Å²) in [6.45, 7) is 1.07. The first-order valence-electron chi connectivity index (χ1n) is 6.88. The van der Waals surface area contributed by atoms with E-state index in [2.05, 4.69) is 20.6 Å². The third kappa shape index (κ3) is 3.37. The standard InChI is InChI=1S/C14H15ClN4O3/c15-13-9(2-6-22-13)14(20)19-10-3-5-21-7-11(10)18-12-1-4-16-8-17-12/h1-2,4,6,8,10-11H,3,5,7H2,(H,19,20)(H,16,17,18)/t10-,11+/m0/s1. The Morgan fingerprint density at radius 1 is 1.36 bits per heavy atom. The summed E-state index contributed by atoms with van der Waals surface area (Å²) < 4.78 is 10.4. The van der Waals surface area contributed by atoms with Gasteiger partial charge in [-0.05, 0) is 30.2 Å². The largest absolute Gasteiger partial charge is 0.452 e. The van der Waals surface area contributed by atoms with E-state index in [4.69, 9.17) is 20.8 Å². The lowest BCUT2D eigenvalue weighted by atomic mass is 10.0. The van der Waals surface area contributed by atoms with Crippen LogP contribution in [0, 0.1) is 0 Å². The van der Waals surface area contributed by atoms with Crippen molar-refractivity contribution in [1.29, 1.82) is 0 Å². The number of amides is 1. The molecule has 3 rings (SSSR count). The van der Waals surface area contributed by atoms with Crippen molar-refractivity contribution in [3.05, 3.63) is 41.7 Å². The molecule has 2 N–H and O–H groups in total. The number of hydrogen-bond donors (Lipinski definition) is 2. The number of ether oxygens (including phenoxy) is 1. The van der Waals surface area contributed by atoms with Gasteiger partial charge in [-0.1, -0.05) is 0 Å². The van der Waals surface area contributed by atoms with Gasteiger partial charge in [0.2, 0.25) is 5.22 Å². The molecule has 0 spiro atoms. The summed E-state index contributed by atoms with van der Waals surface area (Å²) in [4.78, 5) is 20.2. The monoisotopic (exact) mass is 322 g/mol. The van der Waals surface area contributed by atoms with Gasteiger partial charge in [0.15, 0.2) is 0 Å². The molecular formula is C14H15ClN4O3. The van der Waals surface area contributed by atoms with Crippen LogP contribution in [0.3, 0.4) is 0 Å². The third-order valence-corrected chi connectivity index (χ3v) is 3.74. The van der Waals surface area contributed by atoms with Crippen LogP contribution in [0.4, 0.5) is 5.82 Å². The molecule has 116 valence electrons. The molecule has 2 aromatic rings. The maximum absolute atomic E-state index is 12.2. The number of aromatic nitrogens is 2. The minimum atomic E-state index is -0.264. The summed E-state index contributed by atoms with van der Waals surface area (Å²) in [5.74, 6) is 0.422. The zero-order valence-corrected chi connectivity index (χ0v) is 12.4. The Kier molecular flexibility index (Phi) is 4.55. The number of nitrogens with one attached hydrogen (secondary N) is 2. The molecule has 7 nitrogen and oxygen atoms in total. The zero-order chi connectivity index (χ0) is 15.4. The molecule has 0 bridgehead atoms. The molecule has 22 heavy (non-hydrogen) atoms. The van der Waals surface area contributed by atoms with Gasteiger partial charge in [-0.25, -0.2) is 9.97 Å². The Balaban J connectivity index is 1.67. The minimum absolute atomic E-state index is 0.0849. The van der Waals surface area contributed by atoms with Crippen molar-refractivity contribution in [1.82, 2.24) is 15.3 Å². The van der Waals surface area contributed by atoms with E-state index in [1.165, 1.54) is 12.6 Å². The van der Waals surface area contributed by atoms with Crippen LogP contribution < -0.4 is 10.6 Å². The molecule has 1 aliphatic heterocycles. The Morgan fingerprint density at radius 3 is 3.00 bits per heavy atom. The second-order valence-corrected chi connectivity index (χ2v) is 5.24. The molecule has 0 radical (unpaired) electrons. The predicted octanol–water partition coefficient (Wildman–Crippen LogP) is 1.72. The fourth-order valence-corrected chi connectivity index (χ4v) is 2.52. The average Bonchev–Trinajstić information content (AvgIpc) is 2.96. The number of furan rings is 1. The Labute approximate surface area is 132 Å². The first kappa shape index (κ1) is 14.8. The summed E-state index contributed by atoms with van der Waals surface area (Å²) in [6.07, 6.45) is 5.20. The summed E-state index contributed by atoms with van der Waals surface area (Å²) >= 11 is 5.83. The van der Waals surface area contributed by atoms with Crippen molar-refractivity contribution in [2.45, 2.75) is 18.5 Å². The van der Waals surface area contributed by atoms with E-state index in [9.17, 15) is 4.79 Å². The van der Waals surface area contributed by atoms with Gasteiger partial charge in [0, 0.05) is 12.8 Å². The van der Waals surface area contributed by atoms with Gasteiger partial charge in [-0.3, -0.25) is 4.79 Å². The van der Waals surface area contributed by atoms with Crippen molar-refractivity contribution in [3.8, 4) is 0 Å². The third-order valence-electron chi connectivity index (χ3n) is 3.45. The second kappa shape index (κ2) is 6.76. The highest BCUT2D eigenvalue weighted by molar-refractivity contribution is 6.32. The summed E-state index contributed by atoms with van der Waals surface area (Å²) in [5, 5.41) is 6.30. The molecule has 0 saturated carbocycles. The minimum Gasteiger partial charge on any atom is -0.452 e. The summed E-state index contributed by atoms with van der Waals surface area (Å²) in [5.41, 5.74) is 0.328. The number of carbonyl (C=O) groups excluding carboxylic acids is 1. The van der Waals surface area contributed by atoms with Crippen molar-refractivity contribution >= 4 is 23.3 Å². The Bertz CT molecular complexity index is 634. The number of rotatable bonds is 4. The van der Waals surface area contributed by atoms with Gasteiger partial charge < -0.3 is 19.8 Å². The summed E-state index contributed by atoms with van der Waals surface area (Å²) in [7, 11) is 0. The van der Waals surface area contributed by atoms with E-state index < -0.39 is 0 Å². The number of hydrogen-bond acceptors (Lipinski definition) is 6. The maximum Gasteiger partial charge on any atom is 0.256 e. The van der Waals surface area contributed by atoms with E-state index in [1.807, 2.05) is 0 Å². The number of carbonyl (C=O) groups is 1. The van der Waals surface area contributed by atoms with Crippen LogP contribution in [0.5, 0.6) is 0 Å². The van der Waals surface area contributed by atoms with Gasteiger partial charge in [-0.2, -0.15) is 0 Å². The van der Waals surface area contributed by atoms with Gasteiger partial charge >= 0.3 is 0 Å². The maximum atomic E-state index is 12.2. The fraction of sp³-hybridized carbons (Fsp3) is 0.357. The molecule has 1 aliphatic rings. The van der Waals surface area contributed by atoms with Crippen LogP contribution in [0.25, 0.3) is 0 Å². The van der Waals surface area contributed by atoms with Crippen LogP contribution >= 0.6 is 11.6 Å². The van der Waals surface area contributed by atoms with Crippen molar-refractivity contribution in [2.24, 2.45) is 0 Å². The summed E-state index contributed by atoms with van der Waals surface area (Å²) in [6, 6.07) is 3.13. The predicted molar refractivity (Wildman–Crippen MR) is 79.9 cm³/mol. The van der Waals surface area contributed by atoms with Crippen molar-refractivity contribution in [3.63, 3.8) is 0 Å². The van der Waals surface area contributed by atoms with Crippen LogP contribution in [-0.4, -0.2) is 41.2 Å². The highest BCUT2D eigenvalue weighted by Gasteiger charge is 2.28. The normalized spacial score (nSPS) is 21.3. The highest BCUT2D eigenvalue weighted by atomic mass is 35.5. The van der Waals surface area contributed by atoms with E-state index >= 15 is 0 Å². The second-order valence-electron chi connectivity index (χ2n) is 4.90. The smallest absolute Gasteiger partial charge is 0.256 e. The van der Waals surface area contributed by atoms with E-state index in [0.717, 1.165) is 0 Å². The first-order chi connectivity index (χ1) is 10.7. The van der Waals surface area contributed by atoms with Gasteiger partial charge in [0.1, 0.15) is 12.1 Å². The SMILES string of the molecule is O=C(N[C@H]1CCOC[C@H]1Nc1ccncn1)c1ccoc1Cl. The van der Waals surface area contributed by atoms with E-state index in [0.29, 0.717) is 31.0 Å². The zero-order valence-electron chi connectivity index (χ0n) is 11.7. The molecular weight excluding hydrogens is 308 g/mol. The molecule has 2 atom stereocenters. The van der Waals surface area contributed by atoms with Crippen LogP contribution in [0.1, 0.15) is 16.8 Å². The topological polar surface area (TPSA) is 89.3 Å². The lowest BCUT2D eigenvalue weighted by molar-refractivity contribution is 0.0620. The van der Waals surface area contributed by atoms with Crippen LogP contribution in [-0.2, 0) is 4.74 Å². The molecule has 0 unspecified atom stereocenters. The molecule has 2 aromatic heterocycles. The number of nitrogens with zero attached hydrogens (tertiary/aromatic N) is 2.